The van der Waals surface area contributed by atoms with Gasteiger partial charge in [-0.1, -0.05) is 0 Å². The molecule has 0 saturated heterocycles. The van der Waals surface area contributed by atoms with Crippen molar-refractivity contribution in [2.24, 2.45) is 0 Å². The maximum Gasteiger partial charge on any atom is 0.366 e. The number of nitrogens with zero attached hydrogens (tertiary/aromatic N) is 4. The number of hydrogen-bond donors (Lipinski definition) is 0. The minimum Gasteiger partial charge on any atom is -0.477 e. The number of hydrogen-bond acceptors (Lipinski definition) is 6. The molecule has 0 N–H and O–H groups in total. The number of anilines is 1. The molecule has 2 heterocycles. The highest BCUT2D eigenvalue weighted by molar-refractivity contribution is 5.96. The summed E-state index contributed by atoms with van der Waals surface area (Å²) in [6.45, 7) is 1.21. The molecule has 0 fully saturated rings. The number of aromatic nitrogens is 1. The van der Waals surface area contributed by atoms with Crippen LogP contribution in [0.4, 0.5) is 11.6 Å². The minimum atomic E-state index is -0.586. The number of amides is 1. The third-order valence-corrected chi connectivity index (χ3v) is 2.91. The van der Waals surface area contributed by atoms with Gasteiger partial charge in [0.2, 0.25) is 0 Å². The standard InChI is InChI=1S/C12H16N4O4/c1-14(2)6-3-7-15-11(17)8-20-9-4-5-10(16(18)19)13-12(9)15/h4-5H,3,6-8H2,1-2H3. The van der Waals surface area contributed by atoms with E-state index in [1.54, 1.807) is 0 Å². The molecule has 20 heavy (non-hydrogen) atoms. The van der Waals surface area contributed by atoms with Crippen molar-refractivity contribution in [3.8, 4) is 5.75 Å². The molecule has 1 aromatic rings. The summed E-state index contributed by atoms with van der Waals surface area (Å²) in [6.07, 6.45) is 0.753. The SMILES string of the molecule is CN(C)CCCN1C(=O)COc2ccc([N+](=O)[O-])nc21. The zero-order chi connectivity index (χ0) is 14.7. The number of carbonyl (C=O) groups is 1. The van der Waals surface area contributed by atoms with Crippen molar-refractivity contribution in [3.63, 3.8) is 0 Å². The van der Waals surface area contributed by atoms with Crippen molar-refractivity contribution >= 4 is 17.5 Å². The van der Waals surface area contributed by atoms with Crippen molar-refractivity contribution in [1.82, 2.24) is 9.88 Å². The largest absolute Gasteiger partial charge is 0.477 e. The van der Waals surface area contributed by atoms with Gasteiger partial charge in [0, 0.05) is 12.6 Å². The molecule has 2 rings (SSSR count). The van der Waals surface area contributed by atoms with Crippen LogP contribution in [0.1, 0.15) is 6.42 Å². The lowest BCUT2D eigenvalue weighted by atomic mass is 10.3. The predicted octanol–water partition coefficient (Wildman–Crippen LogP) is 0.667. The number of carbonyl (C=O) groups excluding carboxylic acids is 1. The summed E-state index contributed by atoms with van der Waals surface area (Å²) in [5, 5.41) is 10.8. The highest BCUT2D eigenvalue weighted by Gasteiger charge is 2.31. The second kappa shape index (κ2) is 5.83. The molecule has 0 aromatic carbocycles. The Bertz CT molecular complexity index is 532. The summed E-state index contributed by atoms with van der Waals surface area (Å²) < 4.78 is 5.24. The number of ether oxygens (including phenoxy) is 1. The van der Waals surface area contributed by atoms with E-state index in [2.05, 4.69) is 4.98 Å². The molecular formula is C12H16N4O4. The van der Waals surface area contributed by atoms with Crippen LogP contribution in [-0.4, -0.2) is 54.5 Å². The van der Waals surface area contributed by atoms with E-state index in [4.69, 9.17) is 4.74 Å². The second-order valence-electron chi connectivity index (χ2n) is 4.74. The first-order chi connectivity index (χ1) is 9.49. The van der Waals surface area contributed by atoms with E-state index in [1.807, 2.05) is 19.0 Å². The van der Waals surface area contributed by atoms with Crippen LogP contribution < -0.4 is 9.64 Å². The third kappa shape index (κ3) is 3.02. The fourth-order valence-electron chi connectivity index (χ4n) is 1.94. The van der Waals surface area contributed by atoms with Crippen molar-refractivity contribution in [1.29, 1.82) is 0 Å². The molecule has 1 aliphatic heterocycles. The number of rotatable bonds is 5. The first-order valence-electron chi connectivity index (χ1n) is 6.22. The molecule has 1 amide bonds. The van der Waals surface area contributed by atoms with Crippen LogP contribution in [0.5, 0.6) is 5.75 Å². The highest BCUT2D eigenvalue weighted by Crippen LogP contribution is 2.31. The van der Waals surface area contributed by atoms with Crippen LogP contribution >= 0.6 is 0 Å². The third-order valence-electron chi connectivity index (χ3n) is 2.91. The summed E-state index contributed by atoms with van der Waals surface area (Å²) in [5.41, 5.74) is 0. The van der Waals surface area contributed by atoms with E-state index in [-0.39, 0.29) is 24.1 Å². The first kappa shape index (κ1) is 14.2. The van der Waals surface area contributed by atoms with Crippen LogP contribution in [0.2, 0.25) is 0 Å². The molecule has 0 aliphatic carbocycles. The Morgan fingerprint density at radius 3 is 2.90 bits per heavy atom. The quantitative estimate of drug-likeness (QED) is 0.581. The molecule has 0 unspecified atom stereocenters. The maximum atomic E-state index is 11.9. The van der Waals surface area contributed by atoms with Gasteiger partial charge in [0.15, 0.2) is 12.4 Å². The Balaban J connectivity index is 2.22. The number of nitro groups is 1. The Morgan fingerprint density at radius 2 is 2.25 bits per heavy atom. The monoisotopic (exact) mass is 280 g/mol. The van der Waals surface area contributed by atoms with Crippen LogP contribution in [0, 0.1) is 10.1 Å². The van der Waals surface area contributed by atoms with Crippen LogP contribution in [0.15, 0.2) is 12.1 Å². The molecule has 0 radical (unpaired) electrons. The molecule has 0 spiro atoms. The molecule has 1 aromatic heterocycles. The zero-order valence-electron chi connectivity index (χ0n) is 11.4. The van der Waals surface area contributed by atoms with Crippen LogP contribution in [-0.2, 0) is 4.79 Å². The smallest absolute Gasteiger partial charge is 0.366 e. The van der Waals surface area contributed by atoms with Gasteiger partial charge in [0.1, 0.15) is 0 Å². The molecule has 1 aliphatic rings. The summed E-state index contributed by atoms with van der Waals surface area (Å²) in [5.74, 6) is 0.109. The van der Waals surface area contributed by atoms with Gasteiger partial charge in [0.05, 0.1) is 0 Å². The molecule has 0 saturated carbocycles. The van der Waals surface area contributed by atoms with Gasteiger partial charge in [-0.25, -0.2) is 0 Å². The van der Waals surface area contributed by atoms with E-state index < -0.39 is 4.92 Å². The summed E-state index contributed by atoms with van der Waals surface area (Å²) >= 11 is 0. The van der Waals surface area contributed by atoms with Gasteiger partial charge < -0.3 is 19.8 Å². The van der Waals surface area contributed by atoms with Crippen molar-refractivity contribution in [2.45, 2.75) is 6.42 Å². The van der Waals surface area contributed by atoms with Gasteiger partial charge in [-0.2, -0.15) is 0 Å². The Morgan fingerprint density at radius 1 is 1.50 bits per heavy atom. The Hall–Kier alpha value is -2.22. The Kier molecular flexibility index (Phi) is 4.14. The summed E-state index contributed by atoms with van der Waals surface area (Å²) in [6, 6.07) is 2.75. The minimum absolute atomic E-state index is 0.0611. The summed E-state index contributed by atoms with van der Waals surface area (Å²) in [7, 11) is 3.89. The Labute approximate surface area is 116 Å². The molecule has 8 heteroatoms. The van der Waals surface area contributed by atoms with Crippen LogP contribution in [0.25, 0.3) is 0 Å². The lowest BCUT2D eigenvalue weighted by molar-refractivity contribution is -0.389. The van der Waals surface area contributed by atoms with Gasteiger partial charge >= 0.3 is 5.82 Å². The molecule has 0 atom stereocenters. The van der Waals surface area contributed by atoms with Crippen molar-refractivity contribution < 1.29 is 14.5 Å². The average molecular weight is 280 g/mol. The van der Waals surface area contributed by atoms with Crippen molar-refractivity contribution in [2.75, 3.05) is 38.7 Å². The lowest BCUT2D eigenvalue weighted by Crippen LogP contribution is -2.40. The molecule has 0 bridgehead atoms. The van der Waals surface area contributed by atoms with E-state index in [1.165, 1.54) is 17.0 Å². The fraction of sp³-hybridized carbons (Fsp3) is 0.500. The van der Waals surface area contributed by atoms with Crippen molar-refractivity contribution in [3.05, 3.63) is 22.2 Å². The maximum absolute atomic E-state index is 11.9. The second-order valence-corrected chi connectivity index (χ2v) is 4.74. The topological polar surface area (TPSA) is 88.8 Å². The number of fused-ring (bicyclic) bond motifs is 1. The van der Waals surface area contributed by atoms with E-state index in [9.17, 15) is 14.9 Å². The zero-order valence-corrected chi connectivity index (χ0v) is 11.4. The molecule has 8 nitrogen and oxygen atoms in total. The average Bonchev–Trinajstić information content (AvgIpc) is 2.40. The molecular weight excluding hydrogens is 264 g/mol. The van der Waals surface area contributed by atoms with E-state index in [0.717, 1.165) is 13.0 Å². The lowest BCUT2D eigenvalue weighted by Gasteiger charge is -2.25. The normalized spacial score (nSPS) is 14.2. The molecule has 108 valence electrons. The van der Waals surface area contributed by atoms with Gasteiger partial charge in [-0.3, -0.25) is 9.69 Å². The summed E-state index contributed by atoms with van der Waals surface area (Å²) in [4.78, 5) is 29.4. The fourth-order valence-corrected chi connectivity index (χ4v) is 1.94. The van der Waals surface area contributed by atoms with Gasteiger partial charge in [0.25, 0.3) is 11.7 Å². The van der Waals surface area contributed by atoms with Gasteiger partial charge in [-0.15, -0.1) is 0 Å². The van der Waals surface area contributed by atoms with E-state index in [0.29, 0.717) is 12.3 Å². The van der Waals surface area contributed by atoms with Crippen LogP contribution in [0.3, 0.4) is 0 Å². The predicted molar refractivity (Wildman–Crippen MR) is 71.9 cm³/mol. The van der Waals surface area contributed by atoms with Gasteiger partial charge in [-0.05, 0) is 43.0 Å². The first-order valence-corrected chi connectivity index (χ1v) is 6.22. The highest BCUT2D eigenvalue weighted by atomic mass is 16.6. The number of pyridine rings is 1. The van der Waals surface area contributed by atoms with E-state index >= 15 is 0 Å².